The van der Waals surface area contributed by atoms with E-state index < -0.39 is 6.10 Å². The van der Waals surface area contributed by atoms with Gasteiger partial charge in [-0.3, -0.25) is 9.59 Å². The zero-order chi connectivity index (χ0) is 17.5. The van der Waals surface area contributed by atoms with Gasteiger partial charge in [0, 0.05) is 5.69 Å². The van der Waals surface area contributed by atoms with E-state index in [0.29, 0.717) is 24.7 Å². The zero-order valence-electron chi connectivity index (χ0n) is 13.7. The van der Waals surface area contributed by atoms with E-state index in [9.17, 15) is 9.59 Å². The van der Waals surface area contributed by atoms with Crippen molar-refractivity contribution in [1.82, 2.24) is 4.90 Å². The lowest BCUT2D eigenvalue weighted by molar-refractivity contribution is -0.159. The molecule has 1 atom stereocenters. The summed E-state index contributed by atoms with van der Waals surface area (Å²) < 4.78 is 16.1. The first-order valence-electron chi connectivity index (χ1n) is 8.08. The molecule has 0 bridgehead atoms. The molecule has 1 fully saturated rings. The molecule has 0 unspecified atom stereocenters. The number of rotatable bonds is 6. The second-order valence-electron chi connectivity index (χ2n) is 5.62. The summed E-state index contributed by atoms with van der Waals surface area (Å²) in [6, 6.07) is 12.6. The lowest BCUT2D eigenvalue weighted by Gasteiger charge is -2.28. The van der Waals surface area contributed by atoms with E-state index in [2.05, 4.69) is 5.32 Å². The Morgan fingerprint density at radius 3 is 2.64 bits per heavy atom. The van der Waals surface area contributed by atoms with Gasteiger partial charge < -0.3 is 24.1 Å². The third-order valence-electron chi connectivity index (χ3n) is 3.72. The summed E-state index contributed by atoms with van der Waals surface area (Å²) >= 11 is 0. The van der Waals surface area contributed by atoms with Gasteiger partial charge in [0.25, 0.3) is 5.91 Å². The molecule has 0 aliphatic carbocycles. The van der Waals surface area contributed by atoms with Crippen molar-refractivity contribution in [2.24, 2.45) is 0 Å². The Bertz CT molecular complexity index is 681. The van der Waals surface area contributed by atoms with E-state index in [1.165, 1.54) is 11.2 Å². The van der Waals surface area contributed by atoms with Crippen LogP contribution >= 0.6 is 0 Å². The number of hydrogen-bond acceptors (Lipinski definition) is 5. The van der Waals surface area contributed by atoms with Crippen molar-refractivity contribution in [3.05, 3.63) is 54.5 Å². The van der Waals surface area contributed by atoms with Crippen LogP contribution in [0.25, 0.3) is 0 Å². The molecule has 0 radical (unpaired) electrons. The second-order valence-corrected chi connectivity index (χ2v) is 5.62. The normalized spacial score (nSPS) is 17.0. The number of carbonyl (C=O) groups is 2. The van der Waals surface area contributed by atoms with Crippen LogP contribution in [0, 0.1) is 0 Å². The van der Waals surface area contributed by atoms with E-state index in [-0.39, 0.29) is 31.5 Å². The SMILES string of the molecule is O=C(CN(Cc1ccco1)C(=O)[C@@H]1COCCO1)Nc1ccccc1. The maximum absolute atomic E-state index is 12.7. The minimum atomic E-state index is -0.701. The zero-order valence-corrected chi connectivity index (χ0v) is 13.7. The third-order valence-corrected chi connectivity index (χ3v) is 3.72. The second kappa shape index (κ2) is 8.46. The quantitative estimate of drug-likeness (QED) is 0.862. The van der Waals surface area contributed by atoms with Crippen molar-refractivity contribution < 1.29 is 23.5 Å². The van der Waals surface area contributed by atoms with Crippen LogP contribution in [-0.2, 0) is 25.6 Å². The van der Waals surface area contributed by atoms with E-state index in [1.807, 2.05) is 18.2 Å². The highest BCUT2D eigenvalue weighted by atomic mass is 16.6. The van der Waals surface area contributed by atoms with Crippen molar-refractivity contribution >= 4 is 17.5 Å². The first-order chi connectivity index (χ1) is 12.2. The molecule has 0 spiro atoms. The van der Waals surface area contributed by atoms with Gasteiger partial charge in [-0.15, -0.1) is 0 Å². The maximum Gasteiger partial charge on any atom is 0.254 e. The first-order valence-corrected chi connectivity index (χ1v) is 8.08. The van der Waals surface area contributed by atoms with Gasteiger partial charge in [-0.05, 0) is 24.3 Å². The van der Waals surface area contributed by atoms with Gasteiger partial charge in [-0.2, -0.15) is 0 Å². The Labute approximate surface area is 145 Å². The minimum absolute atomic E-state index is 0.103. The largest absolute Gasteiger partial charge is 0.467 e. The monoisotopic (exact) mass is 344 g/mol. The van der Waals surface area contributed by atoms with Crippen LogP contribution in [0.4, 0.5) is 5.69 Å². The van der Waals surface area contributed by atoms with Gasteiger partial charge in [0.2, 0.25) is 5.91 Å². The van der Waals surface area contributed by atoms with Crippen LogP contribution in [0.5, 0.6) is 0 Å². The van der Waals surface area contributed by atoms with E-state index in [0.717, 1.165) is 0 Å². The molecule has 3 rings (SSSR count). The topological polar surface area (TPSA) is 81.0 Å². The summed E-state index contributed by atoms with van der Waals surface area (Å²) in [5.41, 5.74) is 0.676. The molecule has 1 aromatic carbocycles. The molecular formula is C18H20N2O5. The molecule has 1 aliphatic rings. The summed E-state index contributed by atoms with van der Waals surface area (Å²) in [5, 5.41) is 2.77. The lowest BCUT2D eigenvalue weighted by Crippen LogP contribution is -2.47. The molecule has 1 N–H and O–H groups in total. The predicted octanol–water partition coefficient (Wildman–Crippen LogP) is 1.66. The summed E-state index contributed by atoms with van der Waals surface area (Å²) in [7, 11) is 0. The summed E-state index contributed by atoms with van der Waals surface area (Å²) in [4.78, 5) is 26.5. The standard InChI is InChI=1S/C18H20N2O5/c21-17(19-14-5-2-1-3-6-14)12-20(11-15-7-4-8-24-15)18(22)16-13-23-9-10-25-16/h1-8,16H,9-13H2,(H,19,21)/t16-/m0/s1. The fraction of sp³-hybridized carbons (Fsp3) is 0.333. The molecule has 132 valence electrons. The Hall–Kier alpha value is -2.64. The molecule has 0 saturated carbocycles. The van der Waals surface area contributed by atoms with Crippen LogP contribution in [0.1, 0.15) is 5.76 Å². The number of ether oxygens (including phenoxy) is 2. The van der Waals surface area contributed by atoms with E-state index in [1.54, 1.807) is 24.3 Å². The number of carbonyl (C=O) groups excluding carboxylic acids is 2. The van der Waals surface area contributed by atoms with Crippen molar-refractivity contribution in [3.63, 3.8) is 0 Å². The van der Waals surface area contributed by atoms with E-state index >= 15 is 0 Å². The summed E-state index contributed by atoms with van der Waals surface area (Å²) in [6.07, 6.45) is 0.829. The third kappa shape index (κ3) is 4.91. The van der Waals surface area contributed by atoms with E-state index in [4.69, 9.17) is 13.9 Å². The number of benzene rings is 1. The molecule has 25 heavy (non-hydrogen) atoms. The van der Waals surface area contributed by atoms with Crippen molar-refractivity contribution in [1.29, 1.82) is 0 Å². The van der Waals surface area contributed by atoms with Crippen molar-refractivity contribution in [3.8, 4) is 0 Å². The highest BCUT2D eigenvalue weighted by Crippen LogP contribution is 2.12. The average molecular weight is 344 g/mol. The number of furan rings is 1. The van der Waals surface area contributed by atoms with Crippen LogP contribution < -0.4 is 5.32 Å². The number of hydrogen-bond donors (Lipinski definition) is 1. The van der Waals surface area contributed by atoms with Gasteiger partial charge in [0.05, 0.1) is 32.6 Å². The van der Waals surface area contributed by atoms with Gasteiger partial charge in [-0.1, -0.05) is 18.2 Å². The fourth-order valence-corrected chi connectivity index (χ4v) is 2.53. The predicted molar refractivity (Wildman–Crippen MR) is 89.8 cm³/mol. The van der Waals surface area contributed by atoms with Gasteiger partial charge >= 0.3 is 0 Å². The summed E-state index contributed by atoms with van der Waals surface area (Å²) in [5.74, 6) is 0.0136. The van der Waals surface area contributed by atoms with Gasteiger partial charge in [-0.25, -0.2) is 0 Å². The van der Waals surface area contributed by atoms with Crippen molar-refractivity contribution in [2.45, 2.75) is 12.6 Å². The molecule has 7 heteroatoms. The smallest absolute Gasteiger partial charge is 0.254 e. The lowest BCUT2D eigenvalue weighted by atomic mass is 10.2. The Kier molecular flexibility index (Phi) is 5.81. The average Bonchev–Trinajstić information content (AvgIpc) is 3.15. The number of amides is 2. The number of anilines is 1. The van der Waals surface area contributed by atoms with Crippen molar-refractivity contribution in [2.75, 3.05) is 31.7 Å². The molecule has 2 aromatic rings. The maximum atomic E-state index is 12.7. The van der Waals surface area contributed by atoms with Gasteiger partial charge in [0.15, 0.2) is 6.10 Å². The number of para-hydroxylation sites is 1. The van der Waals surface area contributed by atoms with Gasteiger partial charge in [0.1, 0.15) is 12.3 Å². The molecule has 1 saturated heterocycles. The molecule has 7 nitrogen and oxygen atoms in total. The molecular weight excluding hydrogens is 324 g/mol. The molecule has 2 heterocycles. The highest BCUT2D eigenvalue weighted by molar-refractivity contribution is 5.95. The summed E-state index contributed by atoms with van der Waals surface area (Å²) in [6.45, 7) is 1.10. The minimum Gasteiger partial charge on any atom is -0.467 e. The first kappa shape index (κ1) is 17.2. The molecule has 1 aromatic heterocycles. The fourth-order valence-electron chi connectivity index (χ4n) is 2.53. The number of nitrogens with one attached hydrogen (secondary N) is 1. The Balaban J connectivity index is 1.66. The van der Waals surface area contributed by atoms with Crippen LogP contribution in [0.2, 0.25) is 0 Å². The molecule has 1 aliphatic heterocycles. The molecule has 2 amide bonds. The van der Waals surface area contributed by atoms with Crippen LogP contribution in [-0.4, -0.2) is 49.2 Å². The Morgan fingerprint density at radius 2 is 1.96 bits per heavy atom. The highest BCUT2D eigenvalue weighted by Gasteiger charge is 2.29. The number of nitrogens with zero attached hydrogens (tertiary/aromatic N) is 1. The Morgan fingerprint density at radius 1 is 1.12 bits per heavy atom. The van der Waals surface area contributed by atoms with Crippen LogP contribution in [0.3, 0.4) is 0 Å². The van der Waals surface area contributed by atoms with Crippen LogP contribution in [0.15, 0.2) is 53.1 Å².